The lowest BCUT2D eigenvalue weighted by Gasteiger charge is -2.22. The van der Waals surface area contributed by atoms with E-state index in [1.54, 1.807) is 31.2 Å². The standard InChI is InChI=1S/C17H18N2O3S/c1-3-10-22-14-8-6-13(7-9-14)19-16(20)18-12-17(2,21)15-5-4-11-23-15/h1,4-9,11,21H,10,12H2,2H3,(H2,18,19,20). The Hall–Kier alpha value is -2.49. The lowest BCUT2D eigenvalue weighted by atomic mass is 10.1. The van der Waals surface area contributed by atoms with Crippen molar-refractivity contribution in [2.45, 2.75) is 12.5 Å². The second-order valence-corrected chi connectivity index (χ2v) is 6.02. The molecule has 1 atom stereocenters. The number of terminal acetylenes is 1. The van der Waals surface area contributed by atoms with E-state index in [9.17, 15) is 9.90 Å². The first kappa shape index (κ1) is 16.9. The number of amides is 2. The van der Waals surface area contributed by atoms with Crippen molar-refractivity contribution in [3.05, 3.63) is 46.7 Å². The van der Waals surface area contributed by atoms with Crippen LogP contribution in [-0.4, -0.2) is 24.3 Å². The summed E-state index contributed by atoms with van der Waals surface area (Å²) >= 11 is 1.44. The monoisotopic (exact) mass is 330 g/mol. The van der Waals surface area contributed by atoms with E-state index in [2.05, 4.69) is 16.6 Å². The van der Waals surface area contributed by atoms with Crippen LogP contribution in [0.15, 0.2) is 41.8 Å². The summed E-state index contributed by atoms with van der Waals surface area (Å²) in [5.74, 6) is 3.01. The van der Waals surface area contributed by atoms with E-state index in [0.29, 0.717) is 11.4 Å². The highest BCUT2D eigenvalue weighted by Gasteiger charge is 2.24. The molecule has 0 saturated carbocycles. The molecular weight excluding hydrogens is 312 g/mol. The Morgan fingerprint density at radius 1 is 1.39 bits per heavy atom. The second-order valence-electron chi connectivity index (χ2n) is 5.08. The van der Waals surface area contributed by atoms with Gasteiger partial charge in [-0.3, -0.25) is 0 Å². The number of carbonyl (C=O) groups is 1. The molecule has 5 nitrogen and oxygen atoms in total. The number of rotatable bonds is 6. The van der Waals surface area contributed by atoms with E-state index >= 15 is 0 Å². The quantitative estimate of drug-likeness (QED) is 0.713. The van der Waals surface area contributed by atoms with Gasteiger partial charge in [0.25, 0.3) is 0 Å². The molecule has 2 amide bonds. The second kappa shape index (κ2) is 7.68. The van der Waals surface area contributed by atoms with Crippen LogP contribution < -0.4 is 15.4 Å². The van der Waals surface area contributed by atoms with Crippen LogP contribution in [-0.2, 0) is 5.60 Å². The Labute approximate surface area is 139 Å². The predicted molar refractivity (Wildman–Crippen MR) is 91.7 cm³/mol. The average Bonchev–Trinajstić information content (AvgIpc) is 3.08. The number of thiophene rings is 1. The van der Waals surface area contributed by atoms with Crippen LogP contribution in [0.25, 0.3) is 0 Å². The first-order valence-electron chi connectivity index (χ1n) is 6.99. The molecule has 0 saturated heterocycles. The molecule has 1 aromatic carbocycles. The maximum atomic E-state index is 11.9. The SMILES string of the molecule is C#CCOc1ccc(NC(=O)NCC(C)(O)c2cccs2)cc1. The van der Waals surface area contributed by atoms with E-state index < -0.39 is 5.60 Å². The molecule has 23 heavy (non-hydrogen) atoms. The van der Waals surface area contributed by atoms with Crippen molar-refractivity contribution >= 4 is 23.1 Å². The largest absolute Gasteiger partial charge is 0.481 e. The molecule has 1 unspecified atom stereocenters. The van der Waals surface area contributed by atoms with Crippen molar-refractivity contribution in [1.82, 2.24) is 5.32 Å². The van der Waals surface area contributed by atoms with Gasteiger partial charge in [-0.25, -0.2) is 4.79 Å². The van der Waals surface area contributed by atoms with E-state index in [-0.39, 0.29) is 19.2 Å². The minimum absolute atomic E-state index is 0.114. The fourth-order valence-electron chi connectivity index (χ4n) is 1.86. The predicted octanol–water partition coefficient (Wildman–Crippen LogP) is 2.79. The molecule has 2 aromatic rings. The fraction of sp³-hybridized carbons (Fsp3) is 0.235. The van der Waals surface area contributed by atoms with Crippen LogP contribution in [0.4, 0.5) is 10.5 Å². The summed E-state index contributed by atoms with van der Waals surface area (Å²) in [5.41, 5.74) is -0.482. The zero-order chi connectivity index (χ0) is 16.7. The van der Waals surface area contributed by atoms with E-state index in [1.807, 2.05) is 17.5 Å². The number of carbonyl (C=O) groups excluding carboxylic acids is 1. The van der Waals surface area contributed by atoms with Gasteiger partial charge in [-0.15, -0.1) is 17.8 Å². The minimum Gasteiger partial charge on any atom is -0.481 e. The van der Waals surface area contributed by atoms with Crippen LogP contribution >= 0.6 is 11.3 Å². The van der Waals surface area contributed by atoms with Crippen molar-refractivity contribution in [3.8, 4) is 18.1 Å². The molecule has 0 fully saturated rings. The minimum atomic E-state index is -1.10. The van der Waals surface area contributed by atoms with Gasteiger partial charge in [0.05, 0.1) is 6.54 Å². The van der Waals surface area contributed by atoms with E-state index in [1.165, 1.54) is 11.3 Å². The molecule has 0 aliphatic heterocycles. The Bertz CT molecular complexity index is 673. The number of hydrogen-bond donors (Lipinski definition) is 3. The molecule has 1 heterocycles. The molecule has 6 heteroatoms. The summed E-state index contributed by atoms with van der Waals surface area (Å²) in [7, 11) is 0. The highest BCUT2D eigenvalue weighted by atomic mass is 32.1. The van der Waals surface area contributed by atoms with Gasteiger partial charge < -0.3 is 20.5 Å². The van der Waals surface area contributed by atoms with Crippen molar-refractivity contribution < 1.29 is 14.6 Å². The third kappa shape index (κ3) is 5.02. The van der Waals surface area contributed by atoms with Crippen molar-refractivity contribution in [2.75, 3.05) is 18.5 Å². The van der Waals surface area contributed by atoms with Gasteiger partial charge >= 0.3 is 6.03 Å². The average molecular weight is 330 g/mol. The third-order valence-corrected chi connectivity index (χ3v) is 4.20. The number of hydrogen-bond acceptors (Lipinski definition) is 4. The summed E-state index contributed by atoms with van der Waals surface area (Å²) in [6, 6.07) is 10.2. The number of benzene rings is 1. The zero-order valence-electron chi connectivity index (χ0n) is 12.7. The molecule has 0 aliphatic carbocycles. The zero-order valence-corrected chi connectivity index (χ0v) is 13.5. The van der Waals surface area contributed by atoms with E-state index in [0.717, 1.165) is 4.88 Å². The maximum absolute atomic E-state index is 11.9. The van der Waals surface area contributed by atoms with Crippen LogP contribution in [0.1, 0.15) is 11.8 Å². The van der Waals surface area contributed by atoms with E-state index in [4.69, 9.17) is 11.2 Å². The number of anilines is 1. The lowest BCUT2D eigenvalue weighted by Crippen LogP contribution is -2.40. The number of ether oxygens (including phenoxy) is 1. The Kier molecular flexibility index (Phi) is 5.63. The van der Waals surface area contributed by atoms with Gasteiger partial charge in [0.1, 0.15) is 18.0 Å². The summed E-state index contributed by atoms with van der Waals surface area (Å²) in [5, 5.41) is 17.6. The Morgan fingerprint density at radius 2 is 2.13 bits per heavy atom. The molecule has 0 spiro atoms. The normalized spacial score (nSPS) is 12.7. The molecule has 1 aromatic heterocycles. The highest BCUT2D eigenvalue weighted by Crippen LogP contribution is 2.24. The number of urea groups is 1. The molecule has 2 rings (SSSR count). The van der Waals surface area contributed by atoms with Gasteiger partial charge in [0.15, 0.2) is 0 Å². The van der Waals surface area contributed by atoms with Crippen LogP contribution in [0.5, 0.6) is 5.75 Å². The molecule has 3 N–H and O–H groups in total. The number of nitrogens with one attached hydrogen (secondary N) is 2. The van der Waals surface area contributed by atoms with Crippen molar-refractivity contribution in [3.63, 3.8) is 0 Å². The summed E-state index contributed by atoms with van der Waals surface area (Å²) in [4.78, 5) is 12.7. The number of aliphatic hydroxyl groups is 1. The molecule has 0 aliphatic rings. The van der Waals surface area contributed by atoms with Gasteiger partial charge in [0.2, 0.25) is 0 Å². The van der Waals surface area contributed by atoms with Gasteiger partial charge in [-0.2, -0.15) is 0 Å². The molecule has 0 bridgehead atoms. The van der Waals surface area contributed by atoms with Crippen LogP contribution in [0.3, 0.4) is 0 Å². The van der Waals surface area contributed by atoms with Crippen LogP contribution in [0.2, 0.25) is 0 Å². The fourth-order valence-corrected chi connectivity index (χ4v) is 2.65. The van der Waals surface area contributed by atoms with Crippen molar-refractivity contribution in [1.29, 1.82) is 0 Å². The topological polar surface area (TPSA) is 70.6 Å². The third-order valence-electron chi connectivity index (χ3n) is 3.08. The molecule has 120 valence electrons. The van der Waals surface area contributed by atoms with Crippen LogP contribution in [0, 0.1) is 12.3 Å². The maximum Gasteiger partial charge on any atom is 0.319 e. The Morgan fingerprint density at radius 3 is 2.74 bits per heavy atom. The Balaban J connectivity index is 1.84. The highest BCUT2D eigenvalue weighted by molar-refractivity contribution is 7.10. The smallest absolute Gasteiger partial charge is 0.319 e. The summed E-state index contributed by atoms with van der Waals surface area (Å²) in [6.45, 7) is 1.98. The first-order chi connectivity index (χ1) is 11.0. The molecular formula is C17H18N2O3S. The molecule has 0 radical (unpaired) electrons. The van der Waals surface area contributed by atoms with Crippen molar-refractivity contribution in [2.24, 2.45) is 0 Å². The van der Waals surface area contributed by atoms with Gasteiger partial charge in [0, 0.05) is 10.6 Å². The van der Waals surface area contributed by atoms with Gasteiger partial charge in [-0.1, -0.05) is 12.0 Å². The summed E-state index contributed by atoms with van der Waals surface area (Å²) < 4.78 is 5.25. The van der Waals surface area contributed by atoms with Gasteiger partial charge in [-0.05, 0) is 42.6 Å². The first-order valence-corrected chi connectivity index (χ1v) is 7.87. The lowest BCUT2D eigenvalue weighted by molar-refractivity contribution is 0.0637. The summed E-state index contributed by atoms with van der Waals surface area (Å²) in [6.07, 6.45) is 5.12.